The Morgan fingerprint density at radius 2 is 1.95 bits per heavy atom. The summed E-state index contributed by atoms with van der Waals surface area (Å²) in [6.45, 7) is 4.07. The second-order valence-corrected chi connectivity index (χ2v) is 5.25. The van der Waals surface area contributed by atoms with Crippen LogP contribution in [-0.2, 0) is 0 Å². The van der Waals surface area contributed by atoms with E-state index in [9.17, 15) is 4.79 Å². The Hall–Kier alpha value is -2.82. The van der Waals surface area contributed by atoms with Crippen molar-refractivity contribution in [1.29, 1.82) is 0 Å². The second-order valence-electron chi connectivity index (χ2n) is 5.25. The topological polar surface area (TPSA) is 63.8 Å². The van der Waals surface area contributed by atoms with Crippen molar-refractivity contribution in [3.63, 3.8) is 0 Å². The Kier molecular flexibility index (Phi) is 3.33. The van der Waals surface area contributed by atoms with Crippen LogP contribution in [0.4, 0.5) is 0 Å². The number of benzene rings is 1. The third-order valence-electron chi connectivity index (χ3n) is 3.80. The smallest absolute Gasteiger partial charge is 0.335 e. The van der Waals surface area contributed by atoms with Crippen LogP contribution in [0.25, 0.3) is 16.9 Å². The van der Waals surface area contributed by atoms with Crippen molar-refractivity contribution in [3.8, 4) is 17.0 Å². The van der Waals surface area contributed by atoms with E-state index in [0.29, 0.717) is 5.65 Å². The van der Waals surface area contributed by atoms with Crippen molar-refractivity contribution in [2.45, 2.75) is 13.8 Å². The van der Waals surface area contributed by atoms with Gasteiger partial charge in [0.25, 0.3) is 0 Å². The van der Waals surface area contributed by atoms with E-state index in [4.69, 9.17) is 9.84 Å². The number of hydrogen-bond acceptors (Lipinski definition) is 3. The van der Waals surface area contributed by atoms with Gasteiger partial charge >= 0.3 is 5.97 Å². The Labute approximate surface area is 127 Å². The Bertz CT molecular complexity index is 881. The van der Waals surface area contributed by atoms with Crippen LogP contribution in [-0.4, -0.2) is 27.6 Å². The van der Waals surface area contributed by atoms with Crippen molar-refractivity contribution < 1.29 is 14.6 Å². The number of pyridine rings is 1. The van der Waals surface area contributed by atoms with Crippen LogP contribution in [0.15, 0.2) is 36.7 Å². The molecule has 0 saturated heterocycles. The Morgan fingerprint density at radius 3 is 2.64 bits per heavy atom. The van der Waals surface area contributed by atoms with E-state index in [1.165, 1.54) is 0 Å². The molecule has 3 rings (SSSR count). The average Bonchev–Trinajstić information content (AvgIpc) is 2.92. The number of imidazole rings is 1. The highest BCUT2D eigenvalue weighted by Gasteiger charge is 2.13. The molecule has 5 nitrogen and oxygen atoms in total. The van der Waals surface area contributed by atoms with Crippen LogP contribution in [0.1, 0.15) is 21.5 Å². The quantitative estimate of drug-likeness (QED) is 0.805. The molecule has 112 valence electrons. The van der Waals surface area contributed by atoms with Crippen LogP contribution in [0.2, 0.25) is 0 Å². The fraction of sp³-hybridized carbons (Fsp3) is 0.176. The van der Waals surface area contributed by atoms with Crippen molar-refractivity contribution in [2.24, 2.45) is 0 Å². The summed E-state index contributed by atoms with van der Waals surface area (Å²) in [7, 11) is 1.63. The molecule has 0 aliphatic rings. The maximum absolute atomic E-state index is 11.0. The van der Waals surface area contributed by atoms with E-state index in [1.807, 2.05) is 32.2 Å². The van der Waals surface area contributed by atoms with Crippen LogP contribution in [0.5, 0.6) is 5.75 Å². The van der Waals surface area contributed by atoms with E-state index >= 15 is 0 Å². The molecule has 0 aliphatic heterocycles. The van der Waals surface area contributed by atoms with Crippen LogP contribution < -0.4 is 4.74 Å². The number of nitrogens with zero attached hydrogens (tertiary/aromatic N) is 2. The van der Waals surface area contributed by atoms with E-state index in [-0.39, 0.29) is 5.56 Å². The third-order valence-corrected chi connectivity index (χ3v) is 3.80. The standard InChI is InChI=1S/C17H16N2O3/c1-10-6-13(15(22-3)7-11(10)2)14-9-19-5-4-12(17(20)21)8-16(19)18-14/h4-9H,1-3H3,(H,20,21). The number of rotatable bonds is 3. The molecule has 1 N–H and O–H groups in total. The molecule has 5 heteroatoms. The van der Waals surface area contributed by atoms with Crippen molar-refractivity contribution in [3.05, 3.63) is 53.3 Å². The summed E-state index contributed by atoms with van der Waals surface area (Å²) in [6.07, 6.45) is 3.57. The first-order chi connectivity index (χ1) is 10.5. The van der Waals surface area contributed by atoms with Gasteiger partial charge in [-0.3, -0.25) is 0 Å². The molecule has 0 atom stereocenters. The predicted octanol–water partition coefficient (Wildman–Crippen LogP) is 3.32. The van der Waals surface area contributed by atoms with Gasteiger partial charge in [0.2, 0.25) is 0 Å². The molecule has 0 aliphatic carbocycles. The molecule has 0 unspecified atom stereocenters. The number of methoxy groups -OCH3 is 1. The molecule has 0 amide bonds. The molecule has 22 heavy (non-hydrogen) atoms. The lowest BCUT2D eigenvalue weighted by atomic mass is 10.0. The lowest BCUT2D eigenvalue weighted by Gasteiger charge is -2.09. The summed E-state index contributed by atoms with van der Waals surface area (Å²) in [4.78, 5) is 15.6. The summed E-state index contributed by atoms with van der Waals surface area (Å²) in [5.41, 5.74) is 4.76. The first-order valence-electron chi connectivity index (χ1n) is 6.87. The number of aryl methyl sites for hydroxylation is 2. The summed E-state index contributed by atoms with van der Waals surface area (Å²) in [5, 5.41) is 9.06. The number of aromatic nitrogens is 2. The minimum absolute atomic E-state index is 0.219. The Morgan fingerprint density at radius 1 is 1.23 bits per heavy atom. The van der Waals surface area contributed by atoms with Gasteiger partial charge in [-0.1, -0.05) is 0 Å². The summed E-state index contributed by atoms with van der Waals surface area (Å²) in [5.74, 6) is -0.208. The van der Waals surface area contributed by atoms with Gasteiger partial charge in [-0.25, -0.2) is 9.78 Å². The molecule has 1 aromatic carbocycles. The average molecular weight is 296 g/mol. The van der Waals surface area contributed by atoms with Gasteiger partial charge in [-0.15, -0.1) is 0 Å². The van der Waals surface area contributed by atoms with Gasteiger partial charge in [0.15, 0.2) is 0 Å². The van der Waals surface area contributed by atoms with Crippen molar-refractivity contribution in [2.75, 3.05) is 7.11 Å². The van der Waals surface area contributed by atoms with Gasteiger partial charge in [0.1, 0.15) is 11.4 Å². The van der Waals surface area contributed by atoms with Gasteiger partial charge in [-0.2, -0.15) is 0 Å². The number of fused-ring (bicyclic) bond motifs is 1. The van der Waals surface area contributed by atoms with Crippen LogP contribution in [0.3, 0.4) is 0 Å². The number of hydrogen-bond donors (Lipinski definition) is 1. The Balaban J connectivity index is 2.18. The minimum Gasteiger partial charge on any atom is -0.496 e. The summed E-state index contributed by atoms with van der Waals surface area (Å²) in [6, 6.07) is 7.13. The molecule has 0 radical (unpaired) electrons. The first-order valence-corrected chi connectivity index (χ1v) is 6.87. The zero-order valence-corrected chi connectivity index (χ0v) is 12.6. The van der Waals surface area contributed by atoms with Gasteiger partial charge in [0, 0.05) is 18.0 Å². The fourth-order valence-electron chi connectivity index (χ4n) is 2.40. The molecule has 3 aromatic rings. The highest BCUT2D eigenvalue weighted by Crippen LogP contribution is 2.32. The van der Waals surface area contributed by atoms with Gasteiger partial charge < -0.3 is 14.2 Å². The largest absolute Gasteiger partial charge is 0.496 e. The lowest BCUT2D eigenvalue weighted by molar-refractivity contribution is 0.0697. The van der Waals surface area contributed by atoms with E-state index in [0.717, 1.165) is 28.1 Å². The monoisotopic (exact) mass is 296 g/mol. The predicted molar refractivity (Wildman–Crippen MR) is 83.6 cm³/mol. The number of carbonyl (C=O) groups is 1. The highest BCUT2D eigenvalue weighted by molar-refractivity contribution is 5.88. The summed E-state index contributed by atoms with van der Waals surface area (Å²) < 4.78 is 7.25. The fourth-order valence-corrected chi connectivity index (χ4v) is 2.40. The van der Waals surface area contributed by atoms with Gasteiger partial charge in [-0.05, 0) is 49.2 Å². The van der Waals surface area contributed by atoms with E-state index in [2.05, 4.69) is 4.98 Å². The molecule has 0 fully saturated rings. The maximum atomic E-state index is 11.0. The molecular weight excluding hydrogens is 280 g/mol. The molecule has 0 bridgehead atoms. The molecule has 2 aromatic heterocycles. The number of carboxylic acid groups (broad SMARTS) is 1. The minimum atomic E-state index is -0.962. The second kappa shape index (κ2) is 5.18. The number of aromatic carboxylic acids is 1. The van der Waals surface area contributed by atoms with Crippen LogP contribution in [0, 0.1) is 13.8 Å². The van der Waals surface area contributed by atoms with E-state index in [1.54, 1.807) is 29.8 Å². The maximum Gasteiger partial charge on any atom is 0.335 e. The lowest BCUT2D eigenvalue weighted by Crippen LogP contribution is -1.96. The van der Waals surface area contributed by atoms with Crippen LogP contribution >= 0.6 is 0 Å². The highest BCUT2D eigenvalue weighted by atomic mass is 16.5. The molecule has 2 heterocycles. The third kappa shape index (κ3) is 2.30. The zero-order chi connectivity index (χ0) is 15.9. The normalized spacial score (nSPS) is 10.9. The summed E-state index contributed by atoms with van der Waals surface area (Å²) >= 11 is 0. The number of ether oxygens (including phenoxy) is 1. The molecule has 0 saturated carbocycles. The van der Waals surface area contributed by atoms with E-state index < -0.39 is 5.97 Å². The zero-order valence-electron chi connectivity index (χ0n) is 12.6. The van der Waals surface area contributed by atoms with Crippen molar-refractivity contribution >= 4 is 11.6 Å². The number of carboxylic acids is 1. The first kappa shape index (κ1) is 14.1. The SMILES string of the molecule is COc1cc(C)c(C)cc1-c1cn2ccc(C(=O)O)cc2n1. The van der Waals surface area contributed by atoms with Crippen molar-refractivity contribution in [1.82, 2.24) is 9.38 Å². The van der Waals surface area contributed by atoms with Gasteiger partial charge in [0.05, 0.1) is 18.4 Å². The molecule has 0 spiro atoms. The molecular formula is C17H16N2O3.